The van der Waals surface area contributed by atoms with Crippen molar-refractivity contribution in [3.63, 3.8) is 0 Å². The first kappa shape index (κ1) is 15.2. The third-order valence-electron chi connectivity index (χ3n) is 4.04. The van der Waals surface area contributed by atoms with Gasteiger partial charge >= 0.3 is 0 Å². The first-order valence-corrected chi connectivity index (χ1v) is 7.51. The van der Waals surface area contributed by atoms with Gasteiger partial charge < -0.3 is 5.73 Å². The lowest BCUT2D eigenvalue weighted by atomic mass is 9.79. The molecule has 1 rings (SSSR count). The molecule has 0 spiro atoms. The Labute approximate surface area is 113 Å². The molecule has 0 aromatic heterocycles. The van der Waals surface area contributed by atoms with Gasteiger partial charge in [0, 0.05) is 12.0 Å². The minimum absolute atomic E-state index is 0.300. The van der Waals surface area contributed by atoms with Gasteiger partial charge in [0.15, 0.2) is 0 Å². The summed E-state index contributed by atoms with van der Waals surface area (Å²) >= 11 is 0. The standard InChI is InChI=1S/C17H29N/c1-4-6-8-13-16(18)17(14(3)5-2)15-11-9-7-10-12-15/h7,9-12,14,16-17H,4-6,8,13,18H2,1-3H3. The zero-order valence-corrected chi connectivity index (χ0v) is 12.2. The summed E-state index contributed by atoms with van der Waals surface area (Å²) in [7, 11) is 0. The molecule has 1 nitrogen and oxygen atoms in total. The number of benzene rings is 1. The average molecular weight is 247 g/mol. The van der Waals surface area contributed by atoms with Crippen molar-refractivity contribution in [3.8, 4) is 0 Å². The summed E-state index contributed by atoms with van der Waals surface area (Å²) in [5.74, 6) is 1.16. The van der Waals surface area contributed by atoms with E-state index >= 15 is 0 Å². The second-order valence-electron chi connectivity index (χ2n) is 5.48. The molecule has 1 aromatic carbocycles. The van der Waals surface area contributed by atoms with E-state index in [1.165, 1.54) is 31.2 Å². The molecule has 0 heterocycles. The smallest absolute Gasteiger partial charge is 0.0110 e. The van der Waals surface area contributed by atoms with Crippen molar-refractivity contribution in [1.29, 1.82) is 0 Å². The Kier molecular flexibility index (Phi) is 7.04. The summed E-state index contributed by atoms with van der Waals surface area (Å²) in [5, 5.41) is 0. The first-order chi connectivity index (χ1) is 8.70. The topological polar surface area (TPSA) is 26.0 Å². The van der Waals surface area contributed by atoms with Crippen LogP contribution in [0.3, 0.4) is 0 Å². The maximum atomic E-state index is 6.47. The molecule has 0 aliphatic rings. The van der Waals surface area contributed by atoms with E-state index in [0.717, 1.165) is 6.42 Å². The molecule has 0 saturated carbocycles. The minimum Gasteiger partial charge on any atom is -0.327 e. The lowest BCUT2D eigenvalue weighted by Gasteiger charge is -2.29. The summed E-state index contributed by atoms with van der Waals surface area (Å²) in [6.45, 7) is 6.84. The number of hydrogen-bond donors (Lipinski definition) is 1. The van der Waals surface area contributed by atoms with E-state index < -0.39 is 0 Å². The van der Waals surface area contributed by atoms with E-state index in [-0.39, 0.29) is 0 Å². The molecule has 3 unspecified atom stereocenters. The number of nitrogens with two attached hydrogens (primary N) is 1. The average Bonchev–Trinajstić information content (AvgIpc) is 2.40. The Morgan fingerprint density at radius 1 is 1.06 bits per heavy atom. The van der Waals surface area contributed by atoms with Gasteiger partial charge in [-0.15, -0.1) is 0 Å². The third kappa shape index (κ3) is 4.45. The maximum absolute atomic E-state index is 6.47. The van der Waals surface area contributed by atoms with Crippen molar-refractivity contribution in [2.24, 2.45) is 11.7 Å². The normalized spacial score (nSPS) is 16.2. The third-order valence-corrected chi connectivity index (χ3v) is 4.04. The van der Waals surface area contributed by atoms with Gasteiger partial charge in [0.2, 0.25) is 0 Å². The Hall–Kier alpha value is -0.820. The van der Waals surface area contributed by atoms with Gasteiger partial charge in [-0.3, -0.25) is 0 Å². The molecule has 2 N–H and O–H groups in total. The lowest BCUT2D eigenvalue weighted by Crippen LogP contribution is -2.32. The van der Waals surface area contributed by atoms with Crippen molar-refractivity contribution in [2.45, 2.75) is 64.8 Å². The van der Waals surface area contributed by atoms with Gasteiger partial charge in [-0.25, -0.2) is 0 Å². The van der Waals surface area contributed by atoms with Crippen molar-refractivity contribution in [2.75, 3.05) is 0 Å². The Morgan fingerprint density at radius 3 is 2.28 bits per heavy atom. The van der Waals surface area contributed by atoms with Crippen LogP contribution >= 0.6 is 0 Å². The largest absolute Gasteiger partial charge is 0.327 e. The van der Waals surface area contributed by atoms with Crippen LogP contribution in [0.4, 0.5) is 0 Å². The van der Waals surface area contributed by atoms with E-state index in [1.54, 1.807) is 0 Å². The zero-order valence-electron chi connectivity index (χ0n) is 12.2. The monoisotopic (exact) mass is 247 g/mol. The number of hydrogen-bond acceptors (Lipinski definition) is 1. The van der Waals surface area contributed by atoms with Crippen molar-refractivity contribution >= 4 is 0 Å². The quantitative estimate of drug-likeness (QED) is 0.661. The van der Waals surface area contributed by atoms with E-state index in [4.69, 9.17) is 5.73 Å². The van der Waals surface area contributed by atoms with E-state index in [9.17, 15) is 0 Å². The molecular weight excluding hydrogens is 218 g/mol. The second kappa shape index (κ2) is 8.31. The van der Waals surface area contributed by atoms with E-state index in [2.05, 4.69) is 51.1 Å². The van der Waals surface area contributed by atoms with Gasteiger partial charge in [0.05, 0.1) is 0 Å². The molecule has 18 heavy (non-hydrogen) atoms. The molecule has 102 valence electrons. The van der Waals surface area contributed by atoms with Crippen LogP contribution in [0.1, 0.15) is 64.4 Å². The first-order valence-electron chi connectivity index (χ1n) is 7.51. The molecule has 3 atom stereocenters. The highest BCUT2D eigenvalue weighted by atomic mass is 14.7. The van der Waals surface area contributed by atoms with Gasteiger partial charge in [0.25, 0.3) is 0 Å². The highest BCUT2D eigenvalue weighted by molar-refractivity contribution is 5.22. The second-order valence-corrected chi connectivity index (χ2v) is 5.48. The molecule has 1 heteroatoms. The fourth-order valence-corrected chi connectivity index (χ4v) is 2.74. The van der Waals surface area contributed by atoms with Crippen LogP contribution in [0.25, 0.3) is 0 Å². The highest BCUT2D eigenvalue weighted by Gasteiger charge is 2.24. The SMILES string of the molecule is CCCCCC(N)C(c1ccccc1)C(C)CC. The molecule has 0 fully saturated rings. The van der Waals surface area contributed by atoms with Gasteiger partial charge in [-0.1, -0.05) is 76.8 Å². The Bertz CT molecular complexity index is 307. The summed E-state index contributed by atoms with van der Waals surface area (Å²) in [6, 6.07) is 11.1. The summed E-state index contributed by atoms with van der Waals surface area (Å²) in [4.78, 5) is 0. The molecule has 0 aliphatic carbocycles. The molecule has 0 amide bonds. The molecule has 0 bridgehead atoms. The predicted molar refractivity (Wildman–Crippen MR) is 80.8 cm³/mol. The van der Waals surface area contributed by atoms with Crippen LogP contribution < -0.4 is 5.73 Å². The number of rotatable bonds is 8. The molecule has 1 aromatic rings. The van der Waals surface area contributed by atoms with Crippen LogP contribution in [0.2, 0.25) is 0 Å². The van der Waals surface area contributed by atoms with Crippen molar-refractivity contribution in [1.82, 2.24) is 0 Å². The fraction of sp³-hybridized carbons (Fsp3) is 0.647. The zero-order chi connectivity index (χ0) is 13.4. The highest BCUT2D eigenvalue weighted by Crippen LogP contribution is 2.31. The van der Waals surface area contributed by atoms with Crippen LogP contribution in [-0.4, -0.2) is 6.04 Å². The molecule has 0 aliphatic heterocycles. The summed E-state index contributed by atoms with van der Waals surface area (Å²) < 4.78 is 0. The van der Waals surface area contributed by atoms with Crippen LogP contribution in [0, 0.1) is 5.92 Å². The van der Waals surface area contributed by atoms with E-state index in [1.807, 2.05) is 0 Å². The summed E-state index contributed by atoms with van der Waals surface area (Å²) in [6.07, 6.45) is 6.18. The van der Waals surface area contributed by atoms with Gasteiger partial charge in [0.1, 0.15) is 0 Å². The minimum atomic E-state index is 0.300. The fourth-order valence-electron chi connectivity index (χ4n) is 2.74. The Balaban J connectivity index is 2.72. The van der Waals surface area contributed by atoms with Gasteiger partial charge in [-0.05, 0) is 17.9 Å². The van der Waals surface area contributed by atoms with Crippen LogP contribution in [-0.2, 0) is 0 Å². The van der Waals surface area contributed by atoms with Crippen molar-refractivity contribution in [3.05, 3.63) is 35.9 Å². The molecule has 0 radical (unpaired) electrons. The summed E-state index contributed by atoms with van der Waals surface area (Å²) in [5.41, 5.74) is 7.88. The van der Waals surface area contributed by atoms with E-state index in [0.29, 0.717) is 17.9 Å². The maximum Gasteiger partial charge on any atom is 0.0110 e. The lowest BCUT2D eigenvalue weighted by molar-refractivity contribution is 0.361. The predicted octanol–water partition coefficient (Wildman–Crippen LogP) is 4.72. The van der Waals surface area contributed by atoms with Crippen molar-refractivity contribution < 1.29 is 0 Å². The number of unbranched alkanes of at least 4 members (excludes halogenated alkanes) is 2. The van der Waals surface area contributed by atoms with Gasteiger partial charge in [-0.2, -0.15) is 0 Å². The van der Waals surface area contributed by atoms with Crippen LogP contribution in [0.5, 0.6) is 0 Å². The Morgan fingerprint density at radius 2 is 1.72 bits per heavy atom. The van der Waals surface area contributed by atoms with Crippen LogP contribution in [0.15, 0.2) is 30.3 Å². The molecule has 0 saturated heterocycles. The molecular formula is C17H29N.